The summed E-state index contributed by atoms with van der Waals surface area (Å²) >= 11 is 0. The number of amides is 1. The van der Waals surface area contributed by atoms with Crippen molar-refractivity contribution in [2.45, 2.75) is 31.3 Å². The highest BCUT2D eigenvalue weighted by atomic mass is 16.5. The van der Waals surface area contributed by atoms with E-state index in [1.54, 1.807) is 0 Å². The summed E-state index contributed by atoms with van der Waals surface area (Å²) in [5, 5.41) is 5.76. The Morgan fingerprint density at radius 2 is 2.07 bits per heavy atom. The van der Waals surface area contributed by atoms with Gasteiger partial charge in [0.05, 0.1) is 13.2 Å². The molecule has 5 heteroatoms. The number of carbonyl (C=O) groups is 2. The molecule has 1 saturated heterocycles. The molecule has 1 aliphatic heterocycles. The third-order valence-corrected chi connectivity index (χ3v) is 2.99. The van der Waals surface area contributed by atoms with Crippen molar-refractivity contribution in [1.82, 2.24) is 10.6 Å². The number of ether oxygens (including phenoxy) is 1. The van der Waals surface area contributed by atoms with Gasteiger partial charge in [-0.25, -0.2) is 4.79 Å². The average Bonchev–Trinajstić information content (AvgIpc) is 2.93. The monoisotopic (exact) mass is 212 g/mol. The first kappa shape index (κ1) is 10.4. The fraction of sp³-hybridized carbons (Fsp3) is 0.800. The Morgan fingerprint density at radius 1 is 1.40 bits per heavy atom. The lowest BCUT2D eigenvalue weighted by Gasteiger charge is -2.28. The molecule has 0 bridgehead atoms. The van der Waals surface area contributed by atoms with Gasteiger partial charge in [0, 0.05) is 0 Å². The Kier molecular flexibility index (Phi) is 2.90. The highest BCUT2D eigenvalue weighted by Crippen LogP contribution is 2.33. The van der Waals surface area contributed by atoms with Gasteiger partial charge in [-0.3, -0.25) is 4.79 Å². The van der Waals surface area contributed by atoms with Crippen molar-refractivity contribution in [2.24, 2.45) is 5.92 Å². The molecular weight excluding hydrogens is 196 g/mol. The van der Waals surface area contributed by atoms with Crippen LogP contribution in [0.25, 0.3) is 0 Å². The van der Waals surface area contributed by atoms with Crippen molar-refractivity contribution in [3.05, 3.63) is 0 Å². The first-order chi connectivity index (χ1) is 7.22. The van der Waals surface area contributed by atoms with Gasteiger partial charge in [0.1, 0.15) is 6.04 Å². The summed E-state index contributed by atoms with van der Waals surface area (Å²) in [6, 6.07) is -0.555. The third kappa shape index (κ3) is 2.28. The Balaban J connectivity index is 1.87. The van der Waals surface area contributed by atoms with Crippen molar-refractivity contribution in [1.29, 1.82) is 0 Å². The SMILES string of the molecule is COC(=O)C(NC(=O)[C@H]1CCN1)C1CC1. The van der Waals surface area contributed by atoms with Crippen molar-refractivity contribution < 1.29 is 14.3 Å². The molecular formula is C10H16N2O3. The van der Waals surface area contributed by atoms with Crippen LogP contribution in [-0.4, -0.2) is 37.6 Å². The first-order valence-corrected chi connectivity index (χ1v) is 5.34. The Morgan fingerprint density at radius 3 is 2.47 bits per heavy atom. The Bertz CT molecular complexity index is 272. The summed E-state index contributed by atoms with van der Waals surface area (Å²) < 4.78 is 4.67. The highest BCUT2D eigenvalue weighted by molar-refractivity contribution is 5.88. The minimum Gasteiger partial charge on any atom is -0.467 e. The van der Waals surface area contributed by atoms with Crippen molar-refractivity contribution >= 4 is 11.9 Å². The van der Waals surface area contributed by atoms with Crippen LogP contribution in [0.4, 0.5) is 0 Å². The van der Waals surface area contributed by atoms with E-state index < -0.39 is 6.04 Å². The second-order valence-corrected chi connectivity index (χ2v) is 4.14. The zero-order valence-corrected chi connectivity index (χ0v) is 8.79. The number of esters is 1. The second kappa shape index (κ2) is 4.18. The molecule has 84 valence electrons. The Hall–Kier alpha value is -1.10. The largest absolute Gasteiger partial charge is 0.467 e. The van der Waals surface area contributed by atoms with Gasteiger partial charge in [0.2, 0.25) is 5.91 Å². The number of hydrogen-bond donors (Lipinski definition) is 2. The van der Waals surface area contributed by atoms with Gasteiger partial charge < -0.3 is 15.4 Å². The maximum Gasteiger partial charge on any atom is 0.328 e. The lowest BCUT2D eigenvalue weighted by atomic mass is 10.1. The molecule has 2 atom stereocenters. The van der Waals surface area contributed by atoms with Crippen LogP contribution in [0.5, 0.6) is 0 Å². The summed E-state index contributed by atoms with van der Waals surface area (Å²) in [7, 11) is 1.35. The molecule has 1 saturated carbocycles. The quantitative estimate of drug-likeness (QED) is 0.612. The standard InChI is InChI=1S/C10H16N2O3/c1-15-10(14)8(6-2-3-6)12-9(13)7-4-5-11-7/h6-8,11H,2-5H2,1H3,(H,12,13)/t7-,8?/m1/s1. The fourth-order valence-electron chi connectivity index (χ4n) is 1.69. The lowest BCUT2D eigenvalue weighted by molar-refractivity contribution is -0.146. The van der Waals surface area contributed by atoms with Gasteiger partial charge >= 0.3 is 5.97 Å². The number of carbonyl (C=O) groups excluding carboxylic acids is 2. The molecule has 1 aliphatic carbocycles. The molecule has 0 spiro atoms. The van der Waals surface area contributed by atoms with Crippen molar-refractivity contribution in [3.8, 4) is 0 Å². The van der Waals surface area contributed by atoms with Crippen LogP contribution >= 0.6 is 0 Å². The van der Waals surface area contributed by atoms with Gasteiger partial charge in [0.15, 0.2) is 0 Å². The highest BCUT2D eigenvalue weighted by Gasteiger charge is 2.39. The van der Waals surface area contributed by atoms with E-state index in [0.29, 0.717) is 0 Å². The molecule has 2 rings (SSSR count). The zero-order valence-electron chi connectivity index (χ0n) is 8.79. The predicted octanol–water partition coefficient (Wildman–Crippen LogP) is -0.584. The zero-order chi connectivity index (χ0) is 10.8. The molecule has 0 aromatic carbocycles. The Labute approximate surface area is 88.5 Å². The van der Waals surface area contributed by atoms with Crippen LogP contribution in [0, 0.1) is 5.92 Å². The van der Waals surface area contributed by atoms with Gasteiger partial charge in [-0.15, -0.1) is 0 Å². The molecule has 2 fully saturated rings. The topological polar surface area (TPSA) is 67.4 Å². The molecule has 1 unspecified atom stereocenters. The van der Waals surface area contributed by atoms with Gasteiger partial charge in [0.25, 0.3) is 0 Å². The van der Waals surface area contributed by atoms with Crippen LogP contribution in [-0.2, 0) is 14.3 Å². The average molecular weight is 212 g/mol. The van der Waals surface area contributed by atoms with Crippen LogP contribution in [0.1, 0.15) is 19.3 Å². The lowest BCUT2D eigenvalue weighted by Crippen LogP contribution is -2.56. The first-order valence-electron chi connectivity index (χ1n) is 5.34. The van der Waals surface area contributed by atoms with Gasteiger partial charge in [-0.05, 0) is 31.7 Å². The van der Waals surface area contributed by atoms with E-state index in [2.05, 4.69) is 15.4 Å². The van der Waals surface area contributed by atoms with E-state index in [-0.39, 0.29) is 23.8 Å². The molecule has 2 aliphatic rings. The van der Waals surface area contributed by atoms with Crippen molar-refractivity contribution in [2.75, 3.05) is 13.7 Å². The van der Waals surface area contributed by atoms with E-state index in [9.17, 15) is 9.59 Å². The van der Waals surface area contributed by atoms with Crippen LogP contribution < -0.4 is 10.6 Å². The van der Waals surface area contributed by atoms with Crippen molar-refractivity contribution in [3.63, 3.8) is 0 Å². The summed E-state index contributed by atoms with van der Waals surface area (Å²) in [5.41, 5.74) is 0. The predicted molar refractivity (Wildman–Crippen MR) is 53.1 cm³/mol. The van der Waals surface area contributed by atoms with Gasteiger partial charge in [-0.1, -0.05) is 0 Å². The minimum atomic E-state index is -0.440. The number of nitrogens with one attached hydrogen (secondary N) is 2. The molecule has 15 heavy (non-hydrogen) atoms. The number of rotatable bonds is 4. The van der Waals surface area contributed by atoms with E-state index in [1.807, 2.05) is 0 Å². The molecule has 0 radical (unpaired) electrons. The molecule has 0 aromatic heterocycles. The molecule has 1 heterocycles. The van der Waals surface area contributed by atoms with E-state index in [1.165, 1.54) is 7.11 Å². The summed E-state index contributed by atoms with van der Waals surface area (Å²) in [6.45, 7) is 0.879. The van der Waals surface area contributed by atoms with E-state index >= 15 is 0 Å². The maximum atomic E-state index is 11.6. The second-order valence-electron chi connectivity index (χ2n) is 4.14. The summed E-state index contributed by atoms with van der Waals surface area (Å²) in [5.74, 6) is -0.129. The molecule has 1 amide bonds. The molecule has 2 N–H and O–H groups in total. The van der Waals surface area contributed by atoms with E-state index in [0.717, 1.165) is 25.8 Å². The normalized spacial score (nSPS) is 26.3. The number of methoxy groups -OCH3 is 1. The smallest absolute Gasteiger partial charge is 0.328 e. The minimum absolute atomic E-state index is 0.0800. The van der Waals surface area contributed by atoms with Crippen LogP contribution in [0.3, 0.4) is 0 Å². The fourth-order valence-corrected chi connectivity index (χ4v) is 1.69. The maximum absolute atomic E-state index is 11.6. The number of hydrogen-bond acceptors (Lipinski definition) is 4. The van der Waals surface area contributed by atoms with Crippen LogP contribution in [0.15, 0.2) is 0 Å². The molecule has 0 aromatic rings. The third-order valence-electron chi connectivity index (χ3n) is 2.99. The van der Waals surface area contributed by atoms with Crippen LogP contribution in [0.2, 0.25) is 0 Å². The molecule has 5 nitrogen and oxygen atoms in total. The van der Waals surface area contributed by atoms with E-state index in [4.69, 9.17) is 0 Å². The summed E-state index contributed by atoms with van der Waals surface area (Å²) in [4.78, 5) is 23.0. The van der Waals surface area contributed by atoms with Gasteiger partial charge in [-0.2, -0.15) is 0 Å². The summed E-state index contributed by atoms with van der Waals surface area (Å²) in [6.07, 6.45) is 2.85.